The summed E-state index contributed by atoms with van der Waals surface area (Å²) in [7, 11) is -3.69. The number of aliphatic hydroxyl groups excluding tert-OH is 1. The largest absolute Gasteiger partial charge is 0.392 e. The Morgan fingerprint density at radius 1 is 1.25 bits per heavy atom. The van der Waals surface area contributed by atoms with Crippen LogP contribution in [-0.2, 0) is 16.6 Å². The standard InChI is InChI=1S/C14H16N2O3S/c1-10-6-13(8-15-7-10)16-20(18,19)14-5-3-4-12(9-17)11(14)2/h3-8,16-17H,9H2,1-2H3. The fourth-order valence-corrected chi connectivity index (χ4v) is 3.27. The van der Waals surface area contributed by atoms with Gasteiger partial charge in [0, 0.05) is 6.20 Å². The predicted octanol–water partition coefficient (Wildman–Crippen LogP) is 1.99. The molecule has 20 heavy (non-hydrogen) atoms. The molecule has 2 rings (SSSR count). The van der Waals surface area contributed by atoms with Crippen LogP contribution in [0.1, 0.15) is 16.7 Å². The van der Waals surface area contributed by atoms with Crippen molar-refractivity contribution in [2.24, 2.45) is 0 Å². The summed E-state index contributed by atoms with van der Waals surface area (Å²) in [5.74, 6) is 0. The Morgan fingerprint density at radius 2 is 2.00 bits per heavy atom. The van der Waals surface area contributed by atoms with Crippen molar-refractivity contribution in [1.29, 1.82) is 0 Å². The van der Waals surface area contributed by atoms with Crippen molar-refractivity contribution in [3.63, 3.8) is 0 Å². The summed E-state index contributed by atoms with van der Waals surface area (Å²) in [5, 5.41) is 9.21. The number of nitrogens with zero attached hydrogens (tertiary/aromatic N) is 1. The number of pyridine rings is 1. The lowest BCUT2D eigenvalue weighted by molar-refractivity contribution is 0.280. The molecule has 0 saturated carbocycles. The first kappa shape index (κ1) is 14.5. The van der Waals surface area contributed by atoms with E-state index in [2.05, 4.69) is 9.71 Å². The average Bonchev–Trinajstić information content (AvgIpc) is 2.38. The van der Waals surface area contributed by atoms with Gasteiger partial charge in [0.15, 0.2) is 0 Å². The summed E-state index contributed by atoms with van der Waals surface area (Å²) < 4.78 is 27.3. The van der Waals surface area contributed by atoms with E-state index in [-0.39, 0.29) is 11.5 Å². The first-order chi connectivity index (χ1) is 9.44. The Balaban J connectivity index is 2.41. The maximum Gasteiger partial charge on any atom is 0.262 e. The van der Waals surface area contributed by atoms with Gasteiger partial charge in [-0.2, -0.15) is 0 Å². The van der Waals surface area contributed by atoms with Crippen molar-refractivity contribution in [3.8, 4) is 0 Å². The Kier molecular flexibility index (Phi) is 4.06. The van der Waals surface area contributed by atoms with Crippen molar-refractivity contribution in [1.82, 2.24) is 4.98 Å². The molecule has 0 aliphatic carbocycles. The molecule has 0 spiro atoms. The Hall–Kier alpha value is -1.92. The van der Waals surface area contributed by atoms with Crippen LogP contribution in [0.4, 0.5) is 5.69 Å². The van der Waals surface area contributed by atoms with Crippen molar-refractivity contribution in [2.45, 2.75) is 25.3 Å². The van der Waals surface area contributed by atoms with Gasteiger partial charge in [-0.05, 0) is 42.7 Å². The number of hydrogen-bond acceptors (Lipinski definition) is 4. The summed E-state index contributed by atoms with van der Waals surface area (Å²) in [4.78, 5) is 4.11. The zero-order valence-corrected chi connectivity index (χ0v) is 12.1. The van der Waals surface area contributed by atoms with Gasteiger partial charge in [0.2, 0.25) is 0 Å². The van der Waals surface area contributed by atoms with Gasteiger partial charge in [-0.15, -0.1) is 0 Å². The van der Waals surface area contributed by atoms with Crippen LogP contribution >= 0.6 is 0 Å². The van der Waals surface area contributed by atoms with Gasteiger partial charge < -0.3 is 5.11 Å². The van der Waals surface area contributed by atoms with E-state index in [1.807, 2.05) is 6.92 Å². The molecule has 0 atom stereocenters. The van der Waals surface area contributed by atoms with Crippen LogP contribution in [0.2, 0.25) is 0 Å². The quantitative estimate of drug-likeness (QED) is 0.903. The minimum absolute atomic E-state index is 0.158. The van der Waals surface area contributed by atoms with Crippen LogP contribution < -0.4 is 4.72 Å². The number of anilines is 1. The molecule has 0 aliphatic heterocycles. The molecule has 1 aromatic carbocycles. The number of hydrogen-bond donors (Lipinski definition) is 2. The van der Waals surface area contributed by atoms with Gasteiger partial charge >= 0.3 is 0 Å². The van der Waals surface area contributed by atoms with Crippen LogP contribution in [0.3, 0.4) is 0 Å². The number of nitrogens with one attached hydrogen (secondary N) is 1. The molecule has 2 N–H and O–H groups in total. The highest BCUT2D eigenvalue weighted by Gasteiger charge is 2.18. The second kappa shape index (κ2) is 5.60. The van der Waals surface area contributed by atoms with Gasteiger partial charge in [-0.1, -0.05) is 12.1 Å². The van der Waals surface area contributed by atoms with E-state index in [1.165, 1.54) is 12.3 Å². The van der Waals surface area contributed by atoms with E-state index >= 15 is 0 Å². The van der Waals surface area contributed by atoms with E-state index in [0.29, 0.717) is 16.8 Å². The molecule has 1 aromatic heterocycles. The fraction of sp³-hybridized carbons (Fsp3) is 0.214. The predicted molar refractivity (Wildman–Crippen MR) is 76.9 cm³/mol. The topological polar surface area (TPSA) is 79.3 Å². The maximum atomic E-state index is 12.4. The average molecular weight is 292 g/mol. The van der Waals surface area contributed by atoms with Gasteiger partial charge in [-0.25, -0.2) is 8.42 Å². The lowest BCUT2D eigenvalue weighted by Crippen LogP contribution is -2.15. The molecule has 0 amide bonds. The normalized spacial score (nSPS) is 11.3. The number of sulfonamides is 1. The zero-order chi connectivity index (χ0) is 14.8. The third-order valence-electron chi connectivity index (χ3n) is 2.98. The first-order valence-corrected chi connectivity index (χ1v) is 7.56. The van der Waals surface area contributed by atoms with Crippen molar-refractivity contribution < 1.29 is 13.5 Å². The lowest BCUT2D eigenvalue weighted by atomic mass is 10.1. The van der Waals surface area contributed by atoms with E-state index < -0.39 is 10.0 Å². The SMILES string of the molecule is Cc1cncc(NS(=O)(=O)c2cccc(CO)c2C)c1. The van der Waals surface area contributed by atoms with Gasteiger partial charge in [-0.3, -0.25) is 9.71 Å². The van der Waals surface area contributed by atoms with Crippen LogP contribution in [0.15, 0.2) is 41.6 Å². The molecule has 0 aliphatic rings. The third-order valence-corrected chi connectivity index (χ3v) is 4.51. The molecule has 0 unspecified atom stereocenters. The molecule has 0 saturated heterocycles. The Labute approximate surface area is 118 Å². The van der Waals surface area contributed by atoms with E-state index in [0.717, 1.165) is 5.56 Å². The molecule has 0 radical (unpaired) electrons. The van der Waals surface area contributed by atoms with Crippen LogP contribution in [0.25, 0.3) is 0 Å². The van der Waals surface area contributed by atoms with Gasteiger partial charge in [0.25, 0.3) is 10.0 Å². The van der Waals surface area contributed by atoms with E-state index in [4.69, 9.17) is 0 Å². The minimum Gasteiger partial charge on any atom is -0.392 e. The van der Waals surface area contributed by atoms with Crippen LogP contribution in [0, 0.1) is 13.8 Å². The molecule has 106 valence electrons. The highest BCUT2D eigenvalue weighted by molar-refractivity contribution is 7.92. The molecule has 5 nitrogen and oxygen atoms in total. The number of aromatic nitrogens is 1. The summed E-state index contributed by atoms with van der Waals surface area (Å²) in [6.45, 7) is 3.32. The summed E-state index contributed by atoms with van der Waals surface area (Å²) in [6, 6.07) is 6.53. The highest BCUT2D eigenvalue weighted by atomic mass is 32.2. The molecule has 1 heterocycles. The van der Waals surface area contributed by atoms with Crippen molar-refractivity contribution in [3.05, 3.63) is 53.3 Å². The second-order valence-corrected chi connectivity index (χ2v) is 6.21. The zero-order valence-electron chi connectivity index (χ0n) is 11.3. The van der Waals surface area contributed by atoms with E-state index in [1.54, 1.807) is 31.3 Å². The Morgan fingerprint density at radius 3 is 2.65 bits per heavy atom. The van der Waals surface area contributed by atoms with Gasteiger partial charge in [0.1, 0.15) is 0 Å². The molecular weight excluding hydrogens is 276 g/mol. The van der Waals surface area contributed by atoms with Crippen LogP contribution in [0.5, 0.6) is 0 Å². The van der Waals surface area contributed by atoms with E-state index in [9.17, 15) is 13.5 Å². The number of rotatable bonds is 4. The minimum atomic E-state index is -3.69. The second-order valence-electron chi connectivity index (χ2n) is 4.55. The monoisotopic (exact) mass is 292 g/mol. The molecule has 6 heteroatoms. The smallest absolute Gasteiger partial charge is 0.262 e. The molecule has 2 aromatic rings. The van der Waals surface area contributed by atoms with Crippen LogP contribution in [-0.4, -0.2) is 18.5 Å². The highest BCUT2D eigenvalue weighted by Crippen LogP contribution is 2.22. The summed E-state index contributed by atoms with van der Waals surface area (Å²) in [6.07, 6.45) is 3.10. The fourth-order valence-electron chi connectivity index (χ4n) is 1.94. The van der Waals surface area contributed by atoms with Crippen molar-refractivity contribution >= 4 is 15.7 Å². The number of aryl methyl sites for hydroxylation is 1. The molecular formula is C14H16N2O3S. The Bertz CT molecular complexity index is 727. The lowest BCUT2D eigenvalue weighted by Gasteiger charge is -2.12. The first-order valence-electron chi connectivity index (χ1n) is 6.08. The third kappa shape index (κ3) is 2.97. The van der Waals surface area contributed by atoms with Gasteiger partial charge in [0.05, 0.1) is 23.4 Å². The summed E-state index contributed by atoms with van der Waals surface area (Å²) in [5.41, 5.74) is 2.42. The maximum absolute atomic E-state index is 12.4. The summed E-state index contributed by atoms with van der Waals surface area (Å²) >= 11 is 0. The number of aliphatic hydroxyl groups is 1. The molecule has 0 fully saturated rings. The van der Waals surface area contributed by atoms with Crippen molar-refractivity contribution in [2.75, 3.05) is 4.72 Å². The molecule has 0 bridgehead atoms. The number of benzene rings is 1.